The number of aliphatic imine (C=N–C) groups is 1. The normalized spacial score (nSPS) is 15.6. The molecule has 1 aliphatic rings. The SMILES string of the molecule is CCN(CCCNC(=NC)NCC(C)(C)N1CCOCC1)c1ccccc1.I. The molecule has 1 fully saturated rings. The minimum Gasteiger partial charge on any atom is -0.379 e. The number of anilines is 1. The number of benzene rings is 1. The fourth-order valence-corrected chi connectivity index (χ4v) is 3.39. The molecule has 7 heteroatoms. The first-order valence-corrected chi connectivity index (χ1v) is 10.1. The van der Waals surface area contributed by atoms with Crippen molar-refractivity contribution in [3.63, 3.8) is 0 Å². The average Bonchev–Trinajstić information content (AvgIpc) is 2.71. The molecule has 1 aromatic rings. The number of rotatable bonds is 9. The van der Waals surface area contributed by atoms with Crippen molar-refractivity contribution in [1.82, 2.24) is 15.5 Å². The van der Waals surface area contributed by atoms with Crippen LogP contribution < -0.4 is 15.5 Å². The van der Waals surface area contributed by atoms with Crippen LogP contribution in [0.4, 0.5) is 5.69 Å². The lowest BCUT2D eigenvalue weighted by atomic mass is 10.0. The van der Waals surface area contributed by atoms with Crippen molar-refractivity contribution in [2.45, 2.75) is 32.7 Å². The molecule has 0 spiro atoms. The van der Waals surface area contributed by atoms with Crippen molar-refractivity contribution in [3.05, 3.63) is 30.3 Å². The number of morpholine rings is 1. The van der Waals surface area contributed by atoms with E-state index in [1.54, 1.807) is 0 Å². The van der Waals surface area contributed by atoms with Gasteiger partial charge in [-0.3, -0.25) is 9.89 Å². The third-order valence-corrected chi connectivity index (χ3v) is 5.18. The van der Waals surface area contributed by atoms with E-state index in [1.807, 2.05) is 7.05 Å². The highest BCUT2D eigenvalue weighted by atomic mass is 127. The van der Waals surface area contributed by atoms with Gasteiger partial charge in [-0.15, -0.1) is 24.0 Å². The van der Waals surface area contributed by atoms with Gasteiger partial charge in [0.1, 0.15) is 0 Å². The minimum atomic E-state index is 0. The zero-order valence-electron chi connectivity index (χ0n) is 17.9. The summed E-state index contributed by atoms with van der Waals surface area (Å²) < 4.78 is 5.47. The molecule has 2 rings (SSSR count). The number of nitrogens with zero attached hydrogens (tertiary/aromatic N) is 3. The molecule has 0 saturated carbocycles. The van der Waals surface area contributed by atoms with Gasteiger partial charge in [0.25, 0.3) is 0 Å². The van der Waals surface area contributed by atoms with E-state index in [1.165, 1.54) is 5.69 Å². The van der Waals surface area contributed by atoms with E-state index in [2.05, 4.69) is 76.5 Å². The van der Waals surface area contributed by atoms with Crippen molar-refractivity contribution in [2.24, 2.45) is 4.99 Å². The standard InChI is InChI=1S/C21H37N5O.HI/c1-5-25(19-10-7-6-8-11-19)13-9-12-23-20(22-4)24-18-21(2,3)26-14-16-27-17-15-26;/h6-8,10-11H,5,9,12-18H2,1-4H3,(H2,22,23,24);1H. The van der Waals surface area contributed by atoms with Crippen LogP contribution in [0.25, 0.3) is 0 Å². The van der Waals surface area contributed by atoms with Crippen LogP contribution in [0.1, 0.15) is 27.2 Å². The number of hydrogen-bond donors (Lipinski definition) is 2. The van der Waals surface area contributed by atoms with E-state index in [0.29, 0.717) is 0 Å². The van der Waals surface area contributed by atoms with E-state index in [-0.39, 0.29) is 29.5 Å². The summed E-state index contributed by atoms with van der Waals surface area (Å²) in [5, 5.41) is 6.93. The maximum Gasteiger partial charge on any atom is 0.191 e. The second-order valence-electron chi connectivity index (χ2n) is 7.53. The van der Waals surface area contributed by atoms with E-state index in [9.17, 15) is 0 Å². The highest BCUT2D eigenvalue weighted by Gasteiger charge is 2.28. The van der Waals surface area contributed by atoms with E-state index in [0.717, 1.165) is 64.9 Å². The van der Waals surface area contributed by atoms with E-state index >= 15 is 0 Å². The first-order chi connectivity index (χ1) is 13.1. The number of guanidine groups is 1. The van der Waals surface area contributed by atoms with Crippen LogP contribution in [0.3, 0.4) is 0 Å². The van der Waals surface area contributed by atoms with Crippen LogP contribution in [0.5, 0.6) is 0 Å². The Hall–Kier alpha value is -1.06. The van der Waals surface area contributed by atoms with Gasteiger partial charge in [0, 0.05) is 57.5 Å². The van der Waals surface area contributed by atoms with Gasteiger partial charge < -0.3 is 20.3 Å². The molecule has 160 valence electrons. The van der Waals surface area contributed by atoms with Crippen molar-refractivity contribution in [2.75, 3.05) is 64.4 Å². The molecule has 0 bridgehead atoms. The lowest BCUT2D eigenvalue weighted by molar-refractivity contribution is -0.00833. The summed E-state index contributed by atoms with van der Waals surface area (Å²) in [7, 11) is 1.83. The summed E-state index contributed by atoms with van der Waals surface area (Å²) in [5.41, 5.74) is 1.36. The van der Waals surface area contributed by atoms with Gasteiger partial charge in [0.2, 0.25) is 0 Å². The molecule has 0 aromatic heterocycles. The third kappa shape index (κ3) is 8.13. The molecule has 0 radical (unpaired) electrons. The first kappa shape index (κ1) is 25.0. The van der Waals surface area contributed by atoms with Crippen LogP contribution in [0.15, 0.2) is 35.3 Å². The maximum atomic E-state index is 5.47. The van der Waals surface area contributed by atoms with Crippen LogP contribution in [-0.4, -0.2) is 75.9 Å². The van der Waals surface area contributed by atoms with Crippen LogP contribution in [-0.2, 0) is 4.74 Å². The number of nitrogens with one attached hydrogen (secondary N) is 2. The van der Waals surface area contributed by atoms with Crippen molar-refractivity contribution < 1.29 is 4.74 Å². The summed E-state index contributed by atoms with van der Waals surface area (Å²) in [6.45, 7) is 14.2. The molecule has 2 N–H and O–H groups in total. The highest BCUT2D eigenvalue weighted by molar-refractivity contribution is 14.0. The zero-order valence-corrected chi connectivity index (χ0v) is 20.2. The van der Waals surface area contributed by atoms with Gasteiger partial charge in [-0.2, -0.15) is 0 Å². The largest absolute Gasteiger partial charge is 0.379 e. The van der Waals surface area contributed by atoms with Crippen LogP contribution >= 0.6 is 24.0 Å². The van der Waals surface area contributed by atoms with Gasteiger partial charge in [-0.1, -0.05) is 18.2 Å². The highest BCUT2D eigenvalue weighted by Crippen LogP contribution is 2.15. The quantitative estimate of drug-likeness (QED) is 0.235. The fourth-order valence-electron chi connectivity index (χ4n) is 3.39. The van der Waals surface area contributed by atoms with Crippen molar-refractivity contribution in [3.8, 4) is 0 Å². The second kappa shape index (κ2) is 13.2. The molecular formula is C21H38IN5O. The summed E-state index contributed by atoms with van der Waals surface area (Å²) >= 11 is 0. The summed E-state index contributed by atoms with van der Waals surface area (Å²) in [6.07, 6.45) is 1.07. The molecule has 28 heavy (non-hydrogen) atoms. The Balaban J connectivity index is 0.00000392. The maximum absolute atomic E-state index is 5.47. The molecule has 1 saturated heterocycles. The van der Waals surface area contributed by atoms with Gasteiger partial charge in [0.15, 0.2) is 5.96 Å². The second-order valence-corrected chi connectivity index (χ2v) is 7.53. The smallest absolute Gasteiger partial charge is 0.191 e. The number of ether oxygens (including phenoxy) is 1. The first-order valence-electron chi connectivity index (χ1n) is 10.1. The molecule has 1 aromatic carbocycles. The molecule has 0 unspecified atom stereocenters. The van der Waals surface area contributed by atoms with Crippen LogP contribution in [0.2, 0.25) is 0 Å². The number of para-hydroxylation sites is 1. The number of halogens is 1. The Kier molecular flexibility index (Phi) is 11.8. The molecule has 0 aliphatic carbocycles. The molecular weight excluding hydrogens is 465 g/mol. The van der Waals surface area contributed by atoms with Crippen LogP contribution in [0, 0.1) is 0 Å². The predicted octanol–water partition coefficient (Wildman–Crippen LogP) is 2.80. The fraction of sp³-hybridized carbons (Fsp3) is 0.667. The van der Waals surface area contributed by atoms with Gasteiger partial charge in [-0.05, 0) is 39.3 Å². The van der Waals surface area contributed by atoms with Gasteiger partial charge in [0.05, 0.1) is 13.2 Å². The molecule has 1 aliphatic heterocycles. The Morgan fingerprint density at radius 3 is 2.46 bits per heavy atom. The topological polar surface area (TPSA) is 52.1 Å². The Bertz CT molecular complexity index is 561. The average molecular weight is 503 g/mol. The molecule has 6 nitrogen and oxygen atoms in total. The lowest BCUT2D eigenvalue weighted by Gasteiger charge is -2.41. The van der Waals surface area contributed by atoms with Crippen molar-refractivity contribution in [1.29, 1.82) is 0 Å². The zero-order chi connectivity index (χ0) is 19.5. The predicted molar refractivity (Wildman–Crippen MR) is 130 cm³/mol. The Labute approximate surface area is 188 Å². The molecule has 0 atom stereocenters. The summed E-state index contributed by atoms with van der Waals surface area (Å²) in [6, 6.07) is 10.6. The Morgan fingerprint density at radius 2 is 1.86 bits per heavy atom. The molecule has 1 heterocycles. The summed E-state index contributed by atoms with van der Waals surface area (Å²) in [5.74, 6) is 0.874. The number of hydrogen-bond acceptors (Lipinski definition) is 4. The van der Waals surface area contributed by atoms with E-state index < -0.39 is 0 Å². The summed E-state index contributed by atoms with van der Waals surface area (Å²) in [4.78, 5) is 9.25. The Morgan fingerprint density at radius 1 is 1.18 bits per heavy atom. The van der Waals surface area contributed by atoms with E-state index in [4.69, 9.17) is 4.74 Å². The van der Waals surface area contributed by atoms with Gasteiger partial charge >= 0.3 is 0 Å². The van der Waals surface area contributed by atoms with Gasteiger partial charge in [-0.25, -0.2) is 0 Å². The monoisotopic (exact) mass is 503 g/mol. The third-order valence-electron chi connectivity index (χ3n) is 5.18. The molecule has 0 amide bonds. The lowest BCUT2D eigenvalue weighted by Crippen LogP contribution is -2.56. The van der Waals surface area contributed by atoms with Crippen molar-refractivity contribution >= 4 is 35.6 Å². The minimum absolute atomic E-state index is 0.